The molecule has 3 rings (SSSR count). The van der Waals surface area contributed by atoms with E-state index < -0.39 is 15.8 Å². The molecular weight excluding hydrogens is 395 g/mol. The van der Waals surface area contributed by atoms with Crippen molar-refractivity contribution in [3.63, 3.8) is 0 Å². The first-order valence-corrected chi connectivity index (χ1v) is 10.4. The molecule has 2 aromatic carbocycles. The van der Waals surface area contributed by atoms with E-state index in [9.17, 15) is 17.6 Å². The summed E-state index contributed by atoms with van der Waals surface area (Å²) in [6.45, 7) is 3.37. The molecule has 1 atom stereocenters. The molecule has 0 fully saturated rings. The summed E-state index contributed by atoms with van der Waals surface area (Å²) >= 11 is 0. The number of carbonyl (C=O) groups excluding carboxylic acids is 1. The Hall–Kier alpha value is -3.13. The molecule has 0 bridgehead atoms. The molecule has 0 radical (unpaired) electrons. The van der Waals surface area contributed by atoms with Crippen LogP contribution in [0.2, 0.25) is 0 Å². The van der Waals surface area contributed by atoms with Crippen molar-refractivity contribution in [3.8, 4) is 0 Å². The molecule has 29 heavy (non-hydrogen) atoms. The Labute approximate surface area is 169 Å². The van der Waals surface area contributed by atoms with Gasteiger partial charge in [-0.3, -0.25) is 9.52 Å². The molecule has 0 saturated heterocycles. The second-order valence-electron chi connectivity index (χ2n) is 6.70. The minimum absolute atomic E-state index is 0.00828. The zero-order chi connectivity index (χ0) is 21.2. The van der Waals surface area contributed by atoms with Crippen LogP contribution in [0.5, 0.6) is 0 Å². The third kappa shape index (κ3) is 4.48. The zero-order valence-corrected chi connectivity index (χ0v) is 17.0. The molecule has 0 aliphatic heterocycles. The van der Waals surface area contributed by atoms with Crippen LogP contribution in [0.25, 0.3) is 0 Å². The second kappa shape index (κ2) is 8.08. The number of amides is 1. The highest BCUT2D eigenvalue weighted by molar-refractivity contribution is 7.92. The average molecular weight is 416 g/mol. The largest absolute Gasteiger partial charge is 0.467 e. The second-order valence-corrected chi connectivity index (χ2v) is 8.35. The highest BCUT2D eigenvalue weighted by Gasteiger charge is 2.21. The van der Waals surface area contributed by atoms with Gasteiger partial charge in [0.25, 0.3) is 15.9 Å². The molecule has 152 valence electrons. The van der Waals surface area contributed by atoms with Crippen LogP contribution in [0.1, 0.15) is 34.6 Å². The van der Waals surface area contributed by atoms with Crippen LogP contribution in [-0.4, -0.2) is 26.3 Å². The molecule has 1 aromatic heterocycles. The van der Waals surface area contributed by atoms with Gasteiger partial charge in [0.1, 0.15) is 11.6 Å². The van der Waals surface area contributed by atoms with Crippen molar-refractivity contribution in [3.05, 3.63) is 83.6 Å². The van der Waals surface area contributed by atoms with E-state index in [1.165, 1.54) is 25.1 Å². The Morgan fingerprint density at radius 2 is 1.83 bits per heavy atom. The summed E-state index contributed by atoms with van der Waals surface area (Å²) in [6.07, 6.45) is 1.55. The minimum atomic E-state index is -3.88. The van der Waals surface area contributed by atoms with Gasteiger partial charge in [-0.2, -0.15) is 0 Å². The van der Waals surface area contributed by atoms with Gasteiger partial charge in [0.2, 0.25) is 0 Å². The SMILES string of the molecule is Cc1cc(F)ccc1S(=O)(=O)Nc1ccc(C(=O)N(C)C(C)c2ccco2)cc1. The summed E-state index contributed by atoms with van der Waals surface area (Å²) in [5.74, 6) is -0.0604. The zero-order valence-electron chi connectivity index (χ0n) is 16.2. The number of aryl methyl sites for hydroxylation is 1. The fourth-order valence-electron chi connectivity index (χ4n) is 2.90. The fourth-order valence-corrected chi connectivity index (χ4v) is 4.19. The molecule has 8 heteroatoms. The normalized spacial score (nSPS) is 12.4. The van der Waals surface area contributed by atoms with Crippen molar-refractivity contribution < 1.29 is 22.0 Å². The van der Waals surface area contributed by atoms with Crippen LogP contribution in [-0.2, 0) is 10.0 Å². The lowest BCUT2D eigenvalue weighted by molar-refractivity contribution is 0.0726. The maximum absolute atomic E-state index is 13.2. The van der Waals surface area contributed by atoms with E-state index in [1.807, 2.05) is 6.92 Å². The number of hydrogen-bond donors (Lipinski definition) is 1. The molecule has 1 N–H and O–H groups in total. The highest BCUT2D eigenvalue weighted by atomic mass is 32.2. The lowest BCUT2D eigenvalue weighted by Crippen LogP contribution is -2.29. The van der Waals surface area contributed by atoms with Gasteiger partial charge in [-0.25, -0.2) is 12.8 Å². The molecule has 1 amide bonds. The summed E-state index contributed by atoms with van der Waals surface area (Å²) in [7, 11) is -2.21. The number of sulfonamides is 1. The van der Waals surface area contributed by atoms with Crippen molar-refractivity contribution in [2.24, 2.45) is 0 Å². The number of carbonyl (C=O) groups is 1. The van der Waals surface area contributed by atoms with E-state index in [4.69, 9.17) is 4.42 Å². The topological polar surface area (TPSA) is 79.6 Å². The number of nitrogens with zero attached hydrogens (tertiary/aromatic N) is 1. The van der Waals surface area contributed by atoms with Gasteiger partial charge in [0, 0.05) is 18.3 Å². The van der Waals surface area contributed by atoms with Crippen LogP contribution in [0, 0.1) is 12.7 Å². The molecule has 0 spiro atoms. The first-order chi connectivity index (χ1) is 13.7. The Bertz CT molecular complexity index is 1110. The summed E-state index contributed by atoms with van der Waals surface area (Å²) in [5.41, 5.74) is 1.01. The number of furan rings is 1. The lowest BCUT2D eigenvalue weighted by Gasteiger charge is -2.23. The minimum Gasteiger partial charge on any atom is -0.467 e. The average Bonchev–Trinajstić information content (AvgIpc) is 3.21. The smallest absolute Gasteiger partial charge is 0.262 e. The quantitative estimate of drug-likeness (QED) is 0.647. The number of benzene rings is 2. The van der Waals surface area contributed by atoms with E-state index in [1.54, 1.807) is 42.5 Å². The predicted molar refractivity (Wildman–Crippen MR) is 108 cm³/mol. The summed E-state index contributed by atoms with van der Waals surface area (Å²) < 4.78 is 46.1. The highest BCUT2D eigenvalue weighted by Crippen LogP contribution is 2.23. The van der Waals surface area contributed by atoms with Crippen molar-refractivity contribution in [1.29, 1.82) is 0 Å². The predicted octanol–water partition coefficient (Wildman–Crippen LogP) is 4.36. The number of nitrogens with one attached hydrogen (secondary N) is 1. The third-order valence-corrected chi connectivity index (χ3v) is 6.21. The van der Waals surface area contributed by atoms with Crippen molar-refractivity contribution in [1.82, 2.24) is 4.90 Å². The Balaban J connectivity index is 1.75. The van der Waals surface area contributed by atoms with Crippen LogP contribution in [0.15, 0.2) is 70.2 Å². The van der Waals surface area contributed by atoms with E-state index in [2.05, 4.69) is 4.72 Å². The Morgan fingerprint density at radius 3 is 2.41 bits per heavy atom. The van der Waals surface area contributed by atoms with Gasteiger partial charge in [0.15, 0.2) is 0 Å². The molecular formula is C21H21FN2O4S. The summed E-state index contributed by atoms with van der Waals surface area (Å²) in [6, 6.07) is 12.9. The monoisotopic (exact) mass is 416 g/mol. The number of anilines is 1. The van der Waals surface area contributed by atoms with Gasteiger partial charge >= 0.3 is 0 Å². The van der Waals surface area contributed by atoms with Crippen molar-refractivity contribution in [2.45, 2.75) is 24.8 Å². The summed E-state index contributed by atoms with van der Waals surface area (Å²) in [4.78, 5) is 14.2. The Kier molecular flexibility index (Phi) is 5.74. The molecule has 0 aliphatic carbocycles. The molecule has 0 saturated carbocycles. The van der Waals surface area contributed by atoms with Gasteiger partial charge in [-0.15, -0.1) is 0 Å². The van der Waals surface area contributed by atoms with Crippen molar-refractivity contribution >= 4 is 21.6 Å². The van der Waals surface area contributed by atoms with Gasteiger partial charge < -0.3 is 9.32 Å². The standard InChI is InChI=1S/C21H21FN2O4S/c1-14-13-17(22)8-11-20(14)29(26,27)23-18-9-6-16(7-10-18)21(25)24(3)15(2)19-5-4-12-28-19/h4-13,15,23H,1-3H3. The van der Waals surface area contributed by atoms with E-state index in [0.29, 0.717) is 22.6 Å². The van der Waals surface area contributed by atoms with Gasteiger partial charge in [-0.05, 0) is 74.0 Å². The molecule has 0 aliphatic rings. The lowest BCUT2D eigenvalue weighted by atomic mass is 10.1. The van der Waals surface area contributed by atoms with Crippen LogP contribution >= 0.6 is 0 Å². The maximum Gasteiger partial charge on any atom is 0.262 e. The molecule has 1 unspecified atom stereocenters. The van der Waals surface area contributed by atoms with Crippen LogP contribution < -0.4 is 4.72 Å². The first-order valence-electron chi connectivity index (χ1n) is 8.88. The van der Waals surface area contributed by atoms with E-state index >= 15 is 0 Å². The van der Waals surface area contributed by atoms with E-state index in [0.717, 1.165) is 12.1 Å². The molecule has 6 nitrogen and oxygen atoms in total. The Morgan fingerprint density at radius 1 is 1.14 bits per heavy atom. The number of rotatable bonds is 6. The van der Waals surface area contributed by atoms with Crippen LogP contribution in [0.4, 0.5) is 10.1 Å². The summed E-state index contributed by atoms with van der Waals surface area (Å²) in [5, 5.41) is 0. The maximum atomic E-state index is 13.2. The van der Waals surface area contributed by atoms with Gasteiger partial charge in [0.05, 0.1) is 17.2 Å². The number of halogens is 1. The first kappa shape index (κ1) is 20.6. The molecule has 1 heterocycles. The van der Waals surface area contributed by atoms with Crippen molar-refractivity contribution in [2.75, 3.05) is 11.8 Å². The van der Waals surface area contributed by atoms with E-state index in [-0.39, 0.29) is 16.8 Å². The molecule has 3 aromatic rings. The number of hydrogen-bond acceptors (Lipinski definition) is 4. The third-order valence-electron chi connectivity index (χ3n) is 4.67. The van der Waals surface area contributed by atoms with Crippen LogP contribution in [0.3, 0.4) is 0 Å². The fraction of sp³-hybridized carbons (Fsp3) is 0.190. The van der Waals surface area contributed by atoms with Gasteiger partial charge in [-0.1, -0.05) is 0 Å².